The van der Waals surface area contributed by atoms with Crippen molar-refractivity contribution in [3.63, 3.8) is 0 Å². The highest BCUT2D eigenvalue weighted by Crippen LogP contribution is 2.34. The molecular formula is C14H21F2N3. The number of nitrogens with zero attached hydrogens (tertiary/aromatic N) is 1. The summed E-state index contributed by atoms with van der Waals surface area (Å²) in [6, 6.07) is 2.05. The van der Waals surface area contributed by atoms with Crippen LogP contribution in [-0.4, -0.2) is 31.1 Å². The van der Waals surface area contributed by atoms with Crippen molar-refractivity contribution < 1.29 is 8.78 Å². The lowest BCUT2D eigenvalue weighted by molar-refractivity contribution is 0.172. The van der Waals surface area contributed by atoms with E-state index in [0.29, 0.717) is 12.2 Å². The fraction of sp³-hybridized carbons (Fsp3) is 0.571. The molecule has 1 aliphatic rings. The summed E-state index contributed by atoms with van der Waals surface area (Å²) in [7, 11) is 4.09. The minimum Gasteiger partial charge on any atom is -0.395 e. The second-order valence-electron chi connectivity index (χ2n) is 5.53. The van der Waals surface area contributed by atoms with Crippen LogP contribution in [0.5, 0.6) is 0 Å². The van der Waals surface area contributed by atoms with Crippen LogP contribution in [0.25, 0.3) is 0 Å². The maximum atomic E-state index is 13.4. The topological polar surface area (TPSA) is 41.3 Å². The summed E-state index contributed by atoms with van der Waals surface area (Å²) in [6.45, 7) is 0.646. The molecule has 106 valence electrons. The van der Waals surface area contributed by atoms with Gasteiger partial charge in [-0.25, -0.2) is 8.78 Å². The summed E-state index contributed by atoms with van der Waals surface area (Å²) >= 11 is 0. The van der Waals surface area contributed by atoms with Crippen molar-refractivity contribution in [3.05, 3.63) is 23.8 Å². The van der Waals surface area contributed by atoms with Gasteiger partial charge in [-0.1, -0.05) is 12.8 Å². The summed E-state index contributed by atoms with van der Waals surface area (Å²) in [5.74, 6) is -1.33. The van der Waals surface area contributed by atoms with E-state index in [4.69, 9.17) is 5.73 Å². The van der Waals surface area contributed by atoms with Gasteiger partial charge in [0.05, 0.1) is 11.4 Å². The summed E-state index contributed by atoms with van der Waals surface area (Å²) in [5.41, 5.74) is 6.01. The molecule has 0 aromatic heterocycles. The number of nitrogens with two attached hydrogens (primary N) is 1. The van der Waals surface area contributed by atoms with Crippen LogP contribution in [0.3, 0.4) is 0 Å². The van der Waals surface area contributed by atoms with Crippen LogP contribution in [0.2, 0.25) is 0 Å². The molecule has 1 aromatic rings. The fourth-order valence-electron chi connectivity index (χ4n) is 2.81. The third kappa shape index (κ3) is 2.81. The molecule has 0 aliphatic heterocycles. The van der Waals surface area contributed by atoms with Gasteiger partial charge in [-0.3, -0.25) is 0 Å². The summed E-state index contributed by atoms with van der Waals surface area (Å²) in [4.78, 5) is 2.19. The first-order valence-electron chi connectivity index (χ1n) is 6.60. The lowest BCUT2D eigenvalue weighted by Crippen LogP contribution is -2.47. The SMILES string of the molecule is CN(C)C1(CNc2cc(F)cc(F)c2N)CCCC1. The molecule has 1 saturated carbocycles. The van der Waals surface area contributed by atoms with Crippen molar-refractivity contribution in [1.82, 2.24) is 4.90 Å². The number of benzene rings is 1. The minimum atomic E-state index is -0.715. The Hall–Kier alpha value is -1.36. The van der Waals surface area contributed by atoms with E-state index in [2.05, 4.69) is 10.2 Å². The molecule has 1 fully saturated rings. The monoisotopic (exact) mass is 269 g/mol. The smallest absolute Gasteiger partial charge is 0.151 e. The molecule has 0 bridgehead atoms. The molecule has 0 heterocycles. The first-order valence-corrected chi connectivity index (χ1v) is 6.60. The average Bonchev–Trinajstić information content (AvgIpc) is 2.82. The Morgan fingerprint density at radius 2 is 1.89 bits per heavy atom. The Morgan fingerprint density at radius 1 is 1.26 bits per heavy atom. The zero-order valence-electron chi connectivity index (χ0n) is 11.5. The molecule has 1 aromatic carbocycles. The van der Waals surface area contributed by atoms with Crippen molar-refractivity contribution in [1.29, 1.82) is 0 Å². The highest BCUT2D eigenvalue weighted by molar-refractivity contribution is 5.66. The lowest BCUT2D eigenvalue weighted by atomic mass is 9.96. The number of likely N-dealkylation sites (N-methyl/N-ethyl adjacent to an activating group) is 1. The Kier molecular flexibility index (Phi) is 3.94. The van der Waals surface area contributed by atoms with E-state index >= 15 is 0 Å². The number of nitrogen functional groups attached to an aromatic ring is 1. The van der Waals surface area contributed by atoms with Crippen molar-refractivity contribution in [2.75, 3.05) is 31.7 Å². The van der Waals surface area contributed by atoms with E-state index in [1.165, 1.54) is 18.9 Å². The third-order valence-corrected chi connectivity index (χ3v) is 4.19. The second kappa shape index (κ2) is 5.33. The van der Waals surface area contributed by atoms with Gasteiger partial charge in [0.2, 0.25) is 0 Å². The Labute approximate surface area is 112 Å². The Balaban J connectivity index is 2.14. The molecule has 0 radical (unpaired) electrons. The van der Waals surface area contributed by atoms with Gasteiger partial charge in [0.15, 0.2) is 5.82 Å². The normalized spacial score (nSPS) is 17.9. The fourth-order valence-corrected chi connectivity index (χ4v) is 2.81. The van der Waals surface area contributed by atoms with Crippen molar-refractivity contribution in [2.45, 2.75) is 31.2 Å². The van der Waals surface area contributed by atoms with E-state index < -0.39 is 11.6 Å². The molecule has 19 heavy (non-hydrogen) atoms. The molecule has 0 unspecified atom stereocenters. The maximum absolute atomic E-state index is 13.4. The van der Waals surface area contributed by atoms with E-state index in [-0.39, 0.29) is 11.2 Å². The highest BCUT2D eigenvalue weighted by atomic mass is 19.1. The molecule has 0 saturated heterocycles. The van der Waals surface area contributed by atoms with Gasteiger partial charge in [-0.15, -0.1) is 0 Å². The number of nitrogens with one attached hydrogen (secondary N) is 1. The van der Waals surface area contributed by atoms with E-state index in [1.54, 1.807) is 0 Å². The Morgan fingerprint density at radius 3 is 2.47 bits per heavy atom. The number of hydrogen-bond donors (Lipinski definition) is 2. The summed E-state index contributed by atoms with van der Waals surface area (Å²) in [6.07, 6.45) is 4.55. The van der Waals surface area contributed by atoms with Gasteiger partial charge in [-0.2, -0.15) is 0 Å². The van der Waals surface area contributed by atoms with E-state index in [0.717, 1.165) is 18.9 Å². The van der Waals surface area contributed by atoms with Crippen LogP contribution in [0.4, 0.5) is 20.2 Å². The van der Waals surface area contributed by atoms with Crippen LogP contribution < -0.4 is 11.1 Å². The van der Waals surface area contributed by atoms with Crippen LogP contribution >= 0.6 is 0 Å². The van der Waals surface area contributed by atoms with Gasteiger partial charge in [0.25, 0.3) is 0 Å². The molecule has 0 atom stereocenters. The van der Waals surface area contributed by atoms with Crippen molar-refractivity contribution >= 4 is 11.4 Å². The minimum absolute atomic E-state index is 0.0201. The summed E-state index contributed by atoms with van der Waals surface area (Å²) < 4.78 is 26.6. The van der Waals surface area contributed by atoms with Crippen LogP contribution in [0.1, 0.15) is 25.7 Å². The highest BCUT2D eigenvalue weighted by Gasteiger charge is 2.35. The van der Waals surface area contributed by atoms with Crippen molar-refractivity contribution in [3.8, 4) is 0 Å². The van der Waals surface area contributed by atoms with E-state index in [1.807, 2.05) is 14.1 Å². The number of rotatable bonds is 4. The first-order chi connectivity index (χ1) is 8.94. The quantitative estimate of drug-likeness (QED) is 0.826. The summed E-state index contributed by atoms with van der Waals surface area (Å²) in [5, 5.41) is 3.11. The molecular weight excluding hydrogens is 248 g/mol. The standard InChI is InChI=1S/C14H21F2N3/c1-19(2)14(5-3-4-6-14)9-18-12-8-10(15)7-11(16)13(12)17/h7-8,18H,3-6,9,17H2,1-2H3. The zero-order valence-corrected chi connectivity index (χ0v) is 11.5. The van der Waals surface area contributed by atoms with Crippen LogP contribution in [0.15, 0.2) is 12.1 Å². The van der Waals surface area contributed by atoms with Gasteiger partial charge in [0.1, 0.15) is 5.82 Å². The molecule has 3 N–H and O–H groups in total. The lowest BCUT2D eigenvalue weighted by Gasteiger charge is -2.37. The molecule has 0 spiro atoms. The third-order valence-electron chi connectivity index (χ3n) is 4.19. The largest absolute Gasteiger partial charge is 0.395 e. The van der Waals surface area contributed by atoms with Crippen molar-refractivity contribution in [2.24, 2.45) is 0 Å². The Bertz CT molecular complexity index is 454. The number of hydrogen-bond acceptors (Lipinski definition) is 3. The average molecular weight is 269 g/mol. The molecule has 1 aliphatic carbocycles. The van der Waals surface area contributed by atoms with E-state index in [9.17, 15) is 8.78 Å². The predicted octanol–water partition coefficient (Wildman–Crippen LogP) is 2.83. The van der Waals surface area contributed by atoms with Gasteiger partial charge in [-0.05, 0) is 33.0 Å². The van der Waals surface area contributed by atoms with Gasteiger partial charge < -0.3 is 16.0 Å². The van der Waals surface area contributed by atoms with Gasteiger partial charge >= 0.3 is 0 Å². The maximum Gasteiger partial charge on any atom is 0.151 e. The number of anilines is 2. The molecule has 0 amide bonds. The number of halogens is 2. The van der Waals surface area contributed by atoms with Gasteiger partial charge in [0, 0.05) is 18.2 Å². The van der Waals surface area contributed by atoms with Crippen LogP contribution in [0, 0.1) is 11.6 Å². The zero-order chi connectivity index (χ0) is 14.0. The molecule has 3 nitrogen and oxygen atoms in total. The van der Waals surface area contributed by atoms with Crippen LogP contribution in [-0.2, 0) is 0 Å². The first kappa shape index (κ1) is 14.1. The molecule has 5 heteroatoms. The predicted molar refractivity (Wildman–Crippen MR) is 74.1 cm³/mol. The second-order valence-corrected chi connectivity index (χ2v) is 5.53. The molecule has 2 rings (SSSR count).